The second kappa shape index (κ2) is 6.06. The molecule has 7 heteroatoms. The van der Waals surface area contributed by atoms with Crippen molar-refractivity contribution in [1.29, 1.82) is 0 Å². The number of anilines is 1. The topological polar surface area (TPSA) is 80.5 Å². The van der Waals surface area contributed by atoms with Crippen molar-refractivity contribution in [2.75, 3.05) is 10.1 Å². The molecular weight excluding hydrogens is 276 g/mol. The molecule has 0 unspecified atom stereocenters. The first-order valence-corrected chi connectivity index (χ1v) is 7.45. The summed E-state index contributed by atoms with van der Waals surface area (Å²) in [5.41, 5.74) is 5.34. The van der Waals surface area contributed by atoms with Crippen LogP contribution < -0.4 is 10.0 Å². The van der Waals surface area contributed by atoms with Crippen molar-refractivity contribution in [2.45, 2.75) is 19.8 Å². The van der Waals surface area contributed by atoms with Gasteiger partial charge in [0, 0.05) is 5.02 Å². The molecule has 18 heavy (non-hydrogen) atoms. The molecule has 0 spiro atoms. The third kappa shape index (κ3) is 3.61. The Kier molecular flexibility index (Phi) is 4.98. The number of nitrogens with two attached hydrogens (primary N) is 1. The SMILES string of the molecule is CCCCS(=O)(=O)N(C(N)=O)c1ccc(Cl)cc1. The van der Waals surface area contributed by atoms with E-state index < -0.39 is 16.1 Å². The van der Waals surface area contributed by atoms with E-state index in [1.54, 1.807) is 0 Å². The van der Waals surface area contributed by atoms with Crippen LogP contribution >= 0.6 is 11.6 Å². The summed E-state index contributed by atoms with van der Waals surface area (Å²) in [7, 11) is -3.73. The fraction of sp³-hybridized carbons (Fsp3) is 0.364. The second-order valence-corrected chi connectivity index (χ2v) is 6.12. The molecule has 0 bridgehead atoms. The summed E-state index contributed by atoms with van der Waals surface area (Å²) < 4.78 is 24.6. The minimum atomic E-state index is -3.73. The highest BCUT2D eigenvalue weighted by Crippen LogP contribution is 2.21. The van der Waals surface area contributed by atoms with Gasteiger partial charge >= 0.3 is 6.03 Å². The first kappa shape index (κ1) is 14.8. The smallest absolute Gasteiger partial charge is 0.333 e. The molecule has 1 aromatic rings. The van der Waals surface area contributed by atoms with Crippen LogP contribution in [0.4, 0.5) is 10.5 Å². The number of halogens is 1. The average Bonchev–Trinajstić information content (AvgIpc) is 2.29. The van der Waals surface area contributed by atoms with Crippen LogP contribution in [-0.4, -0.2) is 20.2 Å². The molecule has 1 aromatic carbocycles. The minimum Gasteiger partial charge on any atom is -0.350 e. The number of urea groups is 1. The molecule has 0 fully saturated rings. The molecule has 0 aliphatic rings. The van der Waals surface area contributed by atoms with Crippen molar-refractivity contribution in [3.05, 3.63) is 29.3 Å². The third-order valence-corrected chi connectivity index (χ3v) is 4.30. The fourth-order valence-corrected chi connectivity index (χ4v) is 3.10. The van der Waals surface area contributed by atoms with Crippen LogP contribution in [-0.2, 0) is 10.0 Å². The van der Waals surface area contributed by atoms with E-state index in [1.165, 1.54) is 24.3 Å². The highest BCUT2D eigenvalue weighted by atomic mass is 35.5. The number of sulfonamides is 1. The molecule has 0 saturated heterocycles. The quantitative estimate of drug-likeness (QED) is 0.904. The van der Waals surface area contributed by atoms with Crippen LogP contribution in [0.5, 0.6) is 0 Å². The molecular formula is C11H15ClN2O3S. The number of rotatable bonds is 5. The summed E-state index contributed by atoms with van der Waals surface area (Å²) in [6.45, 7) is 1.87. The highest BCUT2D eigenvalue weighted by Gasteiger charge is 2.26. The largest absolute Gasteiger partial charge is 0.350 e. The van der Waals surface area contributed by atoms with Gasteiger partial charge in [0.1, 0.15) is 0 Å². The molecule has 2 amide bonds. The van der Waals surface area contributed by atoms with Crippen molar-refractivity contribution < 1.29 is 13.2 Å². The van der Waals surface area contributed by atoms with Crippen molar-refractivity contribution in [1.82, 2.24) is 0 Å². The normalized spacial score (nSPS) is 11.2. The van der Waals surface area contributed by atoms with Crippen LogP contribution in [0.25, 0.3) is 0 Å². The van der Waals surface area contributed by atoms with Crippen molar-refractivity contribution in [2.24, 2.45) is 5.73 Å². The molecule has 0 aliphatic carbocycles. The van der Waals surface area contributed by atoms with Crippen LogP contribution in [0.3, 0.4) is 0 Å². The lowest BCUT2D eigenvalue weighted by molar-refractivity contribution is 0.257. The van der Waals surface area contributed by atoms with Gasteiger partial charge in [0.05, 0.1) is 11.4 Å². The molecule has 1 rings (SSSR count). The lowest BCUT2D eigenvalue weighted by Gasteiger charge is -2.20. The number of hydrogen-bond donors (Lipinski definition) is 1. The summed E-state index contributed by atoms with van der Waals surface area (Å²) in [6.07, 6.45) is 1.19. The second-order valence-electron chi connectivity index (χ2n) is 3.75. The number of benzene rings is 1. The molecule has 0 aliphatic heterocycles. The number of primary amides is 1. The molecule has 0 saturated carbocycles. The Morgan fingerprint density at radius 3 is 2.33 bits per heavy atom. The van der Waals surface area contributed by atoms with E-state index in [0.717, 1.165) is 0 Å². The summed E-state index contributed by atoms with van der Waals surface area (Å²) >= 11 is 5.71. The molecule has 5 nitrogen and oxygen atoms in total. The summed E-state index contributed by atoms with van der Waals surface area (Å²) in [4.78, 5) is 11.3. The Bertz CT molecular complexity index is 514. The maximum atomic E-state index is 12.0. The van der Waals surface area contributed by atoms with Crippen LogP contribution in [0.2, 0.25) is 5.02 Å². The van der Waals surface area contributed by atoms with Crippen molar-refractivity contribution in [3.8, 4) is 0 Å². The van der Waals surface area contributed by atoms with E-state index in [1.807, 2.05) is 6.92 Å². The summed E-state index contributed by atoms with van der Waals surface area (Å²) in [5.74, 6) is -0.116. The molecule has 2 N–H and O–H groups in total. The molecule has 0 aromatic heterocycles. The van der Waals surface area contributed by atoms with E-state index in [2.05, 4.69) is 0 Å². The molecule has 0 radical (unpaired) electrons. The van der Waals surface area contributed by atoms with Crippen molar-refractivity contribution in [3.63, 3.8) is 0 Å². The first-order chi connectivity index (χ1) is 8.38. The molecule has 0 atom stereocenters. The zero-order valence-electron chi connectivity index (χ0n) is 9.97. The monoisotopic (exact) mass is 290 g/mol. The van der Waals surface area contributed by atoms with E-state index in [9.17, 15) is 13.2 Å². The first-order valence-electron chi connectivity index (χ1n) is 5.46. The van der Waals surface area contributed by atoms with Crippen LogP contribution in [0.15, 0.2) is 24.3 Å². The van der Waals surface area contributed by atoms with Gasteiger partial charge in [0.15, 0.2) is 0 Å². The van der Waals surface area contributed by atoms with Crippen LogP contribution in [0, 0.1) is 0 Å². The Balaban J connectivity index is 3.11. The number of carbonyl (C=O) groups is 1. The van der Waals surface area contributed by atoms with Crippen LogP contribution in [0.1, 0.15) is 19.8 Å². The Hall–Kier alpha value is -1.27. The predicted molar refractivity (Wildman–Crippen MR) is 72.2 cm³/mol. The lowest BCUT2D eigenvalue weighted by Crippen LogP contribution is -2.42. The van der Waals surface area contributed by atoms with Gasteiger partial charge in [-0.15, -0.1) is 0 Å². The van der Waals surface area contributed by atoms with E-state index in [4.69, 9.17) is 17.3 Å². The number of nitrogens with zero attached hydrogens (tertiary/aromatic N) is 1. The van der Waals surface area contributed by atoms with Gasteiger partial charge in [-0.05, 0) is 30.7 Å². The van der Waals surface area contributed by atoms with Gasteiger partial charge in [-0.2, -0.15) is 4.31 Å². The van der Waals surface area contributed by atoms with Crippen molar-refractivity contribution >= 4 is 33.3 Å². The zero-order chi connectivity index (χ0) is 13.8. The van der Waals surface area contributed by atoms with Gasteiger partial charge in [0.2, 0.25) is 10.0 Å². The fourth-order valence-electron chi connectivity index (χ4n) is 1.42. The number of hydrogen-bond acceptors (Lipinski definition) is 3. The number of carbonyl (C=O) groups excluding carboxylic acids is 1. The highest BCUT2D eigenvalue weighted by molar-refractivity contribution is 7.93. The maximum Gasteiger partial charge on any atom is 0.333 e. The van der Waals surface area contributed by atoms with Gasteiger partial charge < -0.3 is 5.73 Å². The summed E-state index contributed by atoms with van der Waals surface area (Å²) in [5, 5.41) is 0.453. The van der Waals surface area contributed by atoms with E-state index >= 15 is 0 Å². The van der Waals surface area contributed by atoms with Gasteiger partial charge in [-0.1, -0.05) is 24.9 Å². The standard InChI is InChI=1S/C11H15ClN2O3S/c1-2-3-8-18(16,17)14(11(13)15)10-6-4-9(12)5-7-10/h4-7H,2-3,8H2,1H3,(H2,13,15). The Labute approximate surface area is 112 Å². The average molecular weight is 291 g/mol. The number of unbranched alkanes of at least 4 members (excludes halogenated alkanes) is 1. The van der Waals surface area contributed by atoms with E-state index in [-0.39, 0.29) is 11.4 Å². The third-order valence-electron chi connectivity index (χ3n) is 2.30. The Morgan fingerprint density at radius 1 is 1.33 bits per heavy atom. The van der Waals surface area contributed by atoms with E-state index in [0.29, 0.717) is 22.2 Å². The van der Waals surface area contributed by atoms with Gasteiger partial charge in [-0.3, -0.25) is 0 Å². The summed E-state index contributed by atoms with van der Waals surface area (Å²) in [6, 6.07) is 4.87. The van der Waals surface area contributed by atoms with Gasteiger partial charge in [0.25, 0.3) is 0 Å². The lowest BCUT2D eigenvalue weighted by atomic mass is 10.3. The maximum absolute atomic E-state index is 12.0. The number of amides is 2. The minimum absolute atomic E-state index is 0.116. The predicted octanol–water partition coefficient (Wildman–Crippen LogP) is 2.36. The molecule has 0 heterocycles. The molecule has 100 valence electrons. The zero-order valence-corrected chi connectivity index (χ0v) is 11.5. The van der Waals surface area contributed by atoms with Gasteiger partial charge in [-0.25, -0.2) is 13.2 Å². The Morgan fingerprint density at radius 2 is 1.89 bits per heavy atom.